The summed E-state index contributed by atoms with van der Waals surface area (Å²) in [6.07, 6.45) is 0.934. The number of nitrogens with one attached hydrogen (secondary N) is 1. The fourth-order valence-corrected chi connectivity index (χ4v) is 3.83. The van der Waals surface area contributed by atoms with Crippen molar-refractivity contribution < 1.29 is 9.47 Å². The maximum absolute atomic E-state index is 5.51. The fourth-order valence-electron chi connectivity index (χ4n) is 3.83. The van der Waals surface area contributed by atoms with E-state index in [-0.39, 0.29) is 5.92 Å². The van der Waals surface area contributed by atoms with Crippen LogP contribution in [0.15, 0.2) is 48.5 Å². The standard InChI is InChI=1S/C25H30N4O2/c1-17(2)25-27-23(26-15-18-8-6-5-7-9-18)14-24(28-25)29-11-10-19-12-21(30-3)22(31-4)13-20(19)16-29/h5-9,12-14,17H,10-11,15-16H2,1-4H3,(H,26,27,28). The van der Waals surface area contributed by atoms with Crippen molar-refractivity contribution in [2.45, 2.75) is 39.3 Å². The van der Waals surface area contributed by atoms with Gasteiger partial charge < -0.3 is 19.7 Å². The highest BCUT2D eigenvalue weighted by Crippen LogP contribution is 2.34. The summed E-state index contributed by atoms with van der Waals surface area (Å²) in [5, 5.41) is 3.47. The molecule has 6 nitrogen and oxygen atoms in total. The molecule has 0 fully saturated rings. The summed E-state index contributed by atoms with van der Waals surface area (Å²) in [5.74, 6) is 4.46. The lowest BCUT2D eigenvalue weighted by molar-refractivity contribution is 0.353. The van der Waals surface area contributed by atoms with Gasteiger partial charge in [0.1, 0.15) is 17.5 Å². The average molecular weight is 419 g/mol. The molecule has 0 atom stereocenters. The van der Waals surface area contributed by atoms with Crippen molar-refractivity contribution in [2.75, 3.05) is 31.0 Å². The molecule has 0 saturated carbocycles. The minimum absolute atomic E-state index is 0.249. The number of rotatable bonds is 7. The molecule has 1 aliphatic rings. The van der Waals surface area contributed by atoms with E-state index in [0.717, 1.165) is 55.0 Å². The molecule has 0 spiro atoms. The Labute approximate surface area is 184 Å². The third-order valence-electron chi connectivity index (χ3n) is 5.60. The third kappa shape index (κ3) is 4.74. The van der Waals surface area contributed by atoms with E-state index < -0.39 is 0 Å². The first-order valence-corrected chi connectivity index (χ1v) is 10.7. The smallest absolute Gasteiger partial charge is 0.161 e. The third-order valence-corrected chi connectivity index (χ3v) is 5.60. The molecule has 0 saturated heterocycles. The number of hydrogen-bond donors (Lipinski definition) is 1. The minimum atomic E-state index is 0.249. The second-order valence-corrected chi connectivity index (χ2v) is 8.11. The van der Waals surface area contributed by atoms with Gasteiger partial charge in [-0.3, -0.25) is 0 Å². The van der Waals surface area contributed by atoms with Crippen LogP contribution in [0.2, 0.25) is 0 Å². The maximum Gasteiger partial charge on any atom is 0.161 e. The maximum atomic E-state index is 5.51. The van der Waals surface area contributed by atoms with Crippen molar-refractivity contribution in [1.29, 1.82) is 0 Å². The van der Waals surface area contributed by atoms with Gasteiger partial charge in [-0.2, -0.15) is 0 Å². The van der Waals surface area contributed by atoms with Gasteiger partial charge in [0.05, 0.1) is 14.2 Å². The summed E-state index contributed by atoms with van der Waals surface area (Å²) in [5.41, 5.74) is 3.77. The summed E-state index contributed by atoms with van der Waals surface area (Å²) >= 11 is 0. The Kier molecular flexibility index (Phi) is 6.26. The van der Waals surface area contributed by atoms with Crippen LogP contribution in [-0.2, 0) is 19.5 Å². The molecule has 2 aromatic carbocycles. The van der Waals surface area contributed by atoms with Gasteiger partial charge in [-0.25, -0.2) is 9.97 Å². The molecular weight excluding hydrogens is 388 g/mol. The highest BCUT2D eigenvalue weighted by molar-refractivity contribution is 5.54. The average Bonchev–Trinajstić information content (AvgIpc) is 2.81. The van der Waals surface area contributed by atoms with Crippen molar-refractivity contribution in [2.24, 2.45) is 0 Å². The van der Waals surface area contributed by atoms with E-state index in [9.17, 15) is 0 Å². The number of aromatic nitrogens is 2. The molecule has 4 rings (SSSR count). The molecule has 6 heteroatoms. The fraction of sp³-hybridized carbons (Fsp3) is 0.360. The highest BCUT2D eigenvalue weighted by atomic mass is 16.5. The van der Waals surface area contributed by atoms with E-state index in [0.29, 0.717) is 0 Å². The summed E-state index contributed by atoms with van der Waals surface area (Å²) < 4.78 is 11.0. The van der Waals surface area contributed by atoms with Crippen LogP contribution in [-0.4, -0.2) is 30.7 Å². The number of nitrogens with zero attached hydrogens (tertiary/aromatic N) is 3. The molecule has 0 bridgehead atoms. The second-order valence-electron chi connectivity index (χ2n) is 8.11. The van der Waals surface area contributed by atoms with E-state index in [2.05, 4.69) is 66.5 Å². The Balaban J connectivity index is 1.59. The van der Waals surface area contributed by atoms with Crippen LogP contribution in [0.25, 0.3) is 0 Å². The summed E-state index contributed by atoms with van der Waals surface area (Å²) in [4.78, 5) is 11.9. The predicted molar refractivity (Wildman–Crippen MR) is 124 cm³/mol. The molecular formula is C25H30N4O2. The number of fused-ring (bicyclic) bond motifs is 1. The van der Waals surface area contributed by atoms with Gasteiger partial charge in [0, 0.05) is 31.6 Å². The van der Waals surface area contributed by atoms with Crippen molar-refractivity contribution in [3.63, 3.8) is 0 Å². The number of hydrogen-bond acceptors (Lipinski definition) is 6. The Bertz CT molecular complexity index is 1040. The van der Waals surface area contributed by atoms with E-state index >= 15 is 0 Å². The summed E-state index contributed by atoms with van der Waals surface area (Å²) in [6, 6.07) is 16.6. The normalized spacial score (nSPS) is 13.1. The van der Waals surface area contributed by atoms with Crippen LogP contribution >= 0.6 is 0 Å². The Morgan fingerprint density at radius 2 is 1.68 bits per heavy atom. The number of ether oxygens (including phenoxy) is 2. The van der Waals surface area contributed by atoms with Crippen molar-refractivity contribution in [1.82, 2.24) is 9.97 Å². The lowest BCUT2D eigenvalue weighted by Gasteiger charge is -2.31. The number of benzene rings is 2. The molecule has 1 aromatic heterocycles. The van der Waals surface area contributed by atoms with Gasteiger partial charge in [0.2, 0.25) is 0 Å². The van der Waals surface area contributed by atoms with Gasteiger partial charge in [-0.1, -0.05) is 44.2 Å². The highest BCUT2D eigenvalue weighted by Gasteiger charge is 2.22. The van der Waals surface area contributed by atoms with Gasteiger partial charge in [-0.05, 0) is 35.2 Å². The van der Waals surface area contributed by atoms with E-state index in [1.54, 1.807) is 14.2 Å². The summed E-state index contributed by atoms with van der Waals surface area (Å²) in [7, 11) is 3.35. The van der Waals surface area contributed by atoms with Gasteiger partial charge in [-0.15, -0.1) is 0 Å². The van der Waals surface area contributed by atoms with Gasteiger partial charge in [0.15, 0.2) is 11.5 Å². The molecule has 1 N–H and O–H groups in total. The molecule has 0 radical (unpaired) electrons. The topological polar surface area (TPSA) is 59.5 Å². The lowest BCUT2D eigenvalue weighted by atomic mass is 9.98. The lowest BCUT2D eigenvalue weighted by Crippen LogP contribution is -2.31. The SMILES string of the molecule is COc1cc2c(cc1OC)CN(c1cc(NCc3ccccc3)nc(C(C)C)n1)CC2. The van der Waals surface area contributed by atoms with Crippen LogP contribution in [0, 0.1) is 0 Å². The number of anilines is 2. The molecule has 1 aliphatic heterocycles. The molecule has 31 heavy (non-hydrogen) atoms. The first kappa shape index (κ1) is 21.0. The summed E-state index contributed by atoms with van der Waals surface area (Å²) in [6.45, 7) is 6.66. The van der Waals surface area contributed by atoms with Crippen molar-refractivity contribution in [3.8, 4) is 11.5 Å². The predicted octanol–water partition coefficient (Wildman–Crippen LogP) is 4.79. The first-order valence-electron chi connectivity index (χ1n) is 10.7. The zero-order valence-electron chi connectivity index (χ0n) is 18.7. The Morgan fingerprint density at radius 3 is 2.35 bits per heavy atom. The van der Waals surface area contributed by atoms with Gasteiger partial charge >= 0.3 is 0 Å². The van der Waals surface area contributed by atoms with Crippen molar-refractivity contribution in [3.05, 3.63) is 71.0 Å². The number of methoxy groups -OCH3 is 2. The second kappa shape index (κ2) is 9.25. The van der Waals surface area contributed by atoms with Crippen molar-refractivity contribution >= 4 is 11.6 Å². The van der Waals surface area contributed by atoms with Gasteiger partial charge in [0.25, 0.3) is 0 Å². The van der Waals surface area contributed by atoms with Crippen LogP contribution < -0.4 is 19.7 Å². The monoisotopic (exact) mass is 418 g/mol. The van der Waals surface area contributed by atoms with Crippen LogP contribution in [0.4, 0.5) is 11.6 Å². The Morgan fingerprint density at radius 1 is 0.968 bits per heavy atom. The molecule has 0 unspecified atom stereocenters. The molecule has 2 heterocycles. The molecule has 162 valence electrons. The van der Waals surface area contributed by atoms with Crippen LogP contribution in [0.3, 0.4) is 0 Å². The van der Waals surface area contributed by atoms with E-state index in [1.807, 2.05) is 6.07 Å². The minimum Gasteiger partial charge on any atom is -0.493 e. The van der Waals surface area contributed by atoms with Crippen LogP contribution in [0.1, 0.15) is 42.3 Å². The largest absolute Gasteiger partial charge is 0.493 e. The van der Waals surface area contributed by atoms with E-state index in [1.165, 1.54) is 16.7 Å². The molecule has 3 aromatic rings. The zero-order chi connectivity index (χ0) is 21.8. The first-order chi connectivity index (χ1) is 15.1. The van der Waals surface area contributed by atoms with Crippen LogP contribution in [0.5, 0.6) is 11.5 Å². The molecule has 0 amide bonds. The Hall–Kier alpha value is -3.28. The zero-order valence-corrected chi connectivity index (χ0v) is 18.7. The molecule has 0 aliphatic carbocycles. The van der Waals surface area contributed by atoms with E-state index in [4.69, 9.17) is 19.4 Å². The quantitative estimate of drug-likeness (QED) is 0.595.